The van der Waals surface area contributed by atoms with Gasteiger partial charge in [0, 0.05) is 29.3 Å². The van der Waals surface area contributed by atoms with Crippen molar-refractivity contribution < 1.29 is 9.90 Å². The molecular formula is C21H24ClNO2. The number of nitrogens with zero attached hydrogens (tertiary/aromatic N) is 1. The molecule has 0 spiro atoms. The van der Waals surface area contributed by atoms with E-state index in [1.165, 1.54) is 0 Å². The third kappa shape index (κ3) is 4.05. The number of aliphatic hydroxyl groups is 1. The van der Waals surface area contributed by atoms with E-state index in [2.05, 4.69) is 12.1 Å². The number of carbonyl (C=O) groups excluding carboxylic acids is 1. The van der Waals surface area contributed by atoms with Crippen LogP contribution < -0.4 is 0 Å². The van der Waals surface area contributed by atoms with E-state index in [4.69, 9.17) is 11.6 Å². The Morgan fingerprint density at radius 2 is 1.88 bits per heavy atom. The van der Waals surface area contributed by atoms with Crippen LogP contribution in [0, 0.1) is 0 Å². The second kappa shape index (κ2) is 8.03. The first-order valence-electron chi connectivity index (χ1n) is 8.87. The highest BCUT2D eigenvalue weighted by Gasteiger charge is 2.44. The predicted octanol–water partition coefficient (Wildman–Crippen LogP) is 4.68. The van der Waals surface area contributed by atoms with Gasteiger partial charge < -0.3 is 10.0 Å². The highest BCUT2D eigenvalue weighted by Crippen LogP contribution is 2.43. The SMILES string of the molecule is O=C(c1cccc(Cl)c1)N(Cc1ccccc1)C1(CCCO)CCC1. The van der Waals surface area contributed by atoms with Gasteiger partial charge in [-0.3, -0.25) is 4.79 Å². The maximum absolute atomic E-state index is 13.3. The number of hydrogen-bond acceptors (Lipinski definition) is 2. The average molecular weight is 358 g/mol. The van der Waals surface area contributed by atoms with Crippen molar-refractivity contribution in [1.82, 2.24) is 4.90 Å². The van der Waals surface area contributed by atoms with Gasteiger partial charge in [0.2, 0.25) is 0 Å². The quantitative estimate of drug-likeness (QED) is 0.781. The molecular weight excluding hydrogens is 334 g/mol. The number of carbonyl (C=O) groups is 1. The average Bonchev–Trinajstić information content (AvgIpc) is 2.60. The summed E-state index contributed by atoms with van der Waals surface area (Å²) in [6.07, 6.45) is 4.66. The van der Waals surface area contributed by atoms with Crippen LogP contribution in [0.5, 0.6) is 0 Å². The lowest BCUT2D eigenvalue weighted by atomic mass is 9.71. The monoisotopic (exact) mass is 357 g/mol. The molecule has 1 aliphatic carbocycles. The molecule has 2 aromatic rings. The first-order valence-corrected chi connectivity index (χ1v) is 9.25. The molecule has 1 N–H and O–H groups in total. The molecule has 0 atom stereocenters. The summed E-state index contributed by atoms with van der Waals surface area (Å²) in [7, 11) is 0. The summed E-state index contributed by atoms with van der Waals surface area (Å²) in [5.74, 6) is 0.0176. The molecule has 0 bridgehead atoms. The molecule has 0 radical (unpaired) electrons. The van der Waals surface area contributed by atoms with E-state index in [-0.39, 0.29) is 18.1 Å². The molecule has 2 aromatic carbocycles. The van der Waals surface area contributed by atoms with Crippen LogP contribution in [0.1, 0.15) is 48.0 Å². The molecule has 0 saturated heterocycles. The third-order valence-corrected chi connectivity index (χ3v) is 5.39. The number of benzene rings is 2. The zero-order valence-electron chi connectivity index (χ0n) is 14.3. The smallest absolute Gasteiger partial charge is 0.254 e. The lowest BCUT2D eigenvalue weighted by Crippen LogP contribution is -2.55. The van der Waals surface area contributed by atoms with Gasteiger partial charge in [-0.2, -0.15) is 0 Å². The first-order chi connectivity index (χ1) is 12.1. The minimum atomic E-state index is -0.155. The van der Waals surface area contributed by atoms with Gasteiger partial charge in [-0.1, -0.05) is 48.0 Å². The van der Waals surface area contributed by atoms with Gasteiger partial charge >= 0.3 is 0 Å². The summed E-state index contributed by atoms with van der Waals surface area (Å²) < 4.78 is 0. The number of halogens is 1. The van der Waals surface area contributed by atoms with Crippen LogP contribution in [0.2, 0.25) is 5.02 Å². The summed E-state index contributed by atoms with van der Waals surface area (Å²) in [6, 6.07) is 17.2. The standard InChI is InChI=1S/C21H24ClNO2/c22-19-10-4-9-18(15-19)20(25)23(16-17-7-2-1-3-8-17)21(11-5-12-21)13-6-14-24/h1-4,7-10,15,24H,5-6,11-14,16H2. The van der Waals surface area contributed by atoms with Crippen molar-refractivity contribution >= 4 is 17.5 Å². The van der Waals surface area contributed by atoms with Crippen molar-refractivity contribution in [3.05, 3.63) is 70.7 Å². The van der Waals surface area contributed by atoms with Crippen molar-refractivity contribution in [3.63, 3.8) is 0 Å². The van der Waals surface area contributed by atoms with E-state index in [1.54, 1.807) is 12.1 Å². The Balaban J connectivity index is 1.92. The van der Waals surface area contributed by atoms with Crippen LogP contribution in [0.15, 0.2) is 54.6 Å². The van der Waals surface area contributed by atoms with Gasteiger partial charge in [0.05, 0.1) is 0 Å². The Labute approximate surface area is 154 Å². The molecule has 3 nitrogen and oxygen atoms in total. The number of amides is 1. The van der Waals surface area contributed by atoms with E-state index in [1.807, 2.05) is 35.2 Å². The highest BCUT2D eigenvalue weighted by molar-refractivity contribution is 6.30. The van der Waals surface area contributed by atoms with Crippen molar-refractivity contribution in [3.8, 4) is 0 Å². The molecule has 1 fully saturated rings. The van der Waals surface area contributed by atoms with Crippen LogP contribution in [0.3, 0.4) is 0 Å². The second-order valence-electron chi connectivity index (χ2n) is 6.79. The normalized spacial score (nSPS) is 15.4. The fourth-order valence-electron chi connectivity index (χ4n) is 3.65. The second-order valence-corrected chi connectivity index (χ2v) is 7.23. The van der Waals surface area contributed by atoms with Gasteiger partial charge in [-0.05, 0) is 55.9 Å². The van der Waals surface area contributed by atoms with Crippen LogP contribution in [-0.2, 0) is 6.54 Å². The fourth-order valence-corrected chi connectivity index (χ4v) is 3.84. The van der Waals surface area contributed by atoms with E-state index in [0.717, 1.165) is 31.2 Å². The molecule has 132 valence electrons. The summed E-state index contributed by atoms with van der Waals surface area (Å²) in [5, 5.41) is 9.86. The van der Waals surface area contributed by atoms with Crippen LogP contribution in [0.4, 0.5) is 0 Å². The zero-order chi connectivity index (χ0) is 17.7. The number of hydrogen-bond donors (Lipinski definition) is 1. The Hall–Kier alpha value is -1.84. The largest absolute Gasteiger partial charge is 0.396 e. The molecule has 1 amide bonds. The van der Waals surface area contributed by atoms with Crippen LogP contribution >= 0.6 is 11.6 Å². The summed E-state index contributed by atoms with van der Waals surface area (Å²) in [6.45, 7) is 0.740. The van der Waals surface area contributed by atoms with Crippen LogP contribution in [0.25, 0.3) is 0 Å². The van der Waals surface area contributed by atoms with Gasteiger partial charge in [0.25, 0.3) is 5.91 Å². The van der Waals surface area contributed by atoms with E-state index in [0.29, 0.717) is 23.6 Å². The van der Waals surface area contributed by atoms with Gasteiger partial charge in [-0.25, -0.2) is 0 Å². The lowest BCUT2D eigenvalue weighted by Gasteiger charge is -2.51. The fraction of sp³-hybridized carbons (Fsp3) is 0.381. The highest BCUT2D eigenvalue weighted by atomic mass is 35.5. The van der Waals surface area contributed by atoms with Crippen LogP contribution in [-0.4, -0.2) is 28.1 Å². The summed E-state index contributed by atoms with van der Waals surface area (Å²) in [4.78, 5) is 15.3. The summed E-state index contributed by atoms with van der Waals surface area (Å²) in [5.41, 5.74) is 1.59. The van der Waals surface area contributed by atoms with Crippen molar-refractivity contribution in [2.24, 2.45) is 0 Å². The Kier molecular flexibility index (Phi) is 5.77. The molecule has 0 aromatic heterocycles. The van der Waals surface area contributed by atoms with Gasteiger partial charge in [0.1, 0.15) is 0 Å². The maximum Gasteiger partial charge on any atom is 0.254 e. The van der Waals surface area contributed by atoms with E-state index in [9.17, 15) is 9.90 Å². The lowest BCUT2D eigenvalue weighted by molar-refractivity contribution is 0.00315. The molecule has 1 saturated carbocycles. The molecule has 0 unspecified atom stereocenters. The van der Waals surface area contributed by atoms with Crippen molar-refractivity contribution in [1.29, 1.82) is 0 Å². The van der Waals surface area contributed by atoms with Crippen molar-refractivity contribution in [2.75, 3.05) is 6.61 Å². The van der Waals surface area contributed by atoms with Crippen molar-refractivity contribution in [2.45, 2.75) is 44.2 Å². The summed E-state index contributed by atoms with van der Waals surface area (Å²) >= 11 is 6.10. The maximum atomic E-state index is 13.3. The number of rotatable bonds is 7. The van der Waals surface area contributed by atoms with Gasteiger partial charge in [0.15, 0.2) is 0 Å². The Bertz CT molecular complexity index is 713. The Morgan fingerprint density at radius 3 is 2.48 bits per heavy atom. The van der Waals surface area contributed by atoms with E-state index < -0.39 is 0 Å². The Morgan fingerprint density at radius 1 is 1.12 bits per heavy atom. The zero-order valence-corrected chi connectivity index (χ0v) is 15.1. The minimum absolute atomic E-state index is 0.0176. The number of aliphatic hydroxyl groups excluding tert-OH is 1. The first kappa shape index (κ1) is 18.0. The molecule has 25 heavy (non-hydrogen) atoms. The minimum Gasteiger partial charge on any atom is -0.396 e. The molecule has 4 heteroatoms. The molecule has 3 rings (SSSR count). The topological polar surface area (TPSA) is 40.5 Å². The van der Waals surface area contributed by atoms with Gasteiger partial charge in [-0.15, -0.1) is 0 Å². The molecule has 0 heterocycles. The third-order valence-electron chi connectivity index (χ3n) is 5.16. The van der Waals surface area contributed by atoms with E-state index >= 15 is 0 Å². The predicted molar refractivity (Wildman–Crippen MR) is 101 cm³/mol. The molecule has 0 aliphatic heterocycles. The molecule has 1 aliphatic rings.